The number of rotatable bonds is 2. The van der Waals surface area contributed by atoms with Crippen molar-refractivity contribution in [3.8, 4) is 0 Å². The summed E-state index contributed by atoms with van der Waals surface area (Å²) in [5.41, 5.74) is 0. The Morgan fingerprint density at radius 3 is 3.00 bits per heavy atom. The molecule has 1 aromatic heterocycles. The highest BCUT2D eigenvalue weighted by atomic mass is 79.9. The fourth-order valence-corrected chi connectivity index (χ4v) is 2.08. The molecule has 0 N–H and O–H groups in total. The number of nitrogens with zero attached hydrogens (tertiary/aromatic N) is 3. The standard InChI is InChI=1S/C9H9BrClN3O/c10-7-2-8(13-5-12-7)14-4-6(3-11)1-9(14)15/h2,5-6H,1,3-4H2. The van der Waals surface area contributed by atoms with Gasteiger partial charge in [0.05, 0.1) is 0 Å². The Kier molecular flexibility index (Phi) is 3.21. The van der Waals surface area contributed by atoms with E-state index in [2.05, 4.69) is 25.9 Å². The first-order valence-corrected chi connectivity index (χ1v) is 5.87. The largest absolute Gasteiger partial charge is 0.296 e. The Hall–Kier alpha value is -0.680. The molecule has 1 unspecified atom stereocenters. The monoisotopic (exact) mass is 289 g/mol. The number of halogens is 2. The molecular formula is C9H9BrClN3O. The molecule has 2 rings (SSSR count). The fraction of sp³-hybridized carbons (Fsp3) is 0.444. The summed E-state index contributed by atoms with van der Waals surface area (Å²) in [4.78, 5) is 21.3. The highest BCUT2D eigenvalue weighted by Crippen LogP contribution is 2.24. The number of carbonyl (C=O) groups is 1. The Labute approximate surface area is 101 Å². The highest BCUT2D eigenvalue weighted by molar-refractivity contribution is 9.10. The second-order valence-corrected chi connectivity index (χ2v) is 4.55. The third-order valence-corrected chi connectivity index (χ3v) is 3.19. The van der Waals surface area contributed by atoms with Gasteiger partial charge in [0.1, 0.15) is 16.7 Å². The molecular weight excluding hydrogens is 281 g/mol. The molecule has 0 spiro atoms. The molecule has 80 valence electrons. The molecule has 2 heterocycles. The summed E-state index contributed by atoms with van der Waals surface area (Å²) in [6.45, 7) is 0.645. The summed E-state index contributed by atoms with van der Waals surface area (Å²) >= 11 is 8.98. The molecule has 0 aliphatic carbocycles. The zero-order valence-corrected chi connectivity index (χ0v) is 10.2. The van der Waals surface area contributed by atoms with Gasteiger partial charge in [0.25, 0.3) is 0 Å². The molecule has 0 bridgehead atoms. The van der Waals surface area contributed by atoms with E-state index in [1.54, 1.807) is 11.0 Å². The minimum Gasteiger partial charge on any atom is -0.296 e. The average molecular weight is 291 g/mol. The van der Waals surface area contributed by atoms with Crippen molar-refractivity contribution in [2.45, 2.75) is 6.42 Å². The van der Waals surface area contributed by atoms with Gasteiger partial charge in [-0.3, -0.25) is 9.69 Å². The number of alkyl halides is 1. The van der Waals surface area contributed by atoms with Gasteiger partial charge in [0.15, 0.2) is 0 Å². The summed E-state index contributed by atoms with van der Waals surface area (Å²) in [6, 6.07) is 1.73. The quantitative estimate of drug-likeness (QED) is 0.617. The van der Waals surface area contributed by atoms with Crippen molar-refractivity contribution >= 4 is 39.3 Å². The summed E-state index contributed by atoms with van der Waals surface area (Å²) in [7, 11) is 0. The topological polar surface area (TPSA) is 46.1 Å². The predicted molar refractivity (Wildman–Crippen MR) is 60.9 cm³/mol. The first-order valence-electron chi connectivity index (χ1n) is 4.54. The molecule has 1 aliphatic heterocycles. The fourth-order valence-electron chi connectivity index (χ4n) is 1.58. The van der Waals surface area contributed by atoms with Crippen LogP contribution < -0.4 is 4.90 Å². The lowest BCUT2D eigenvalue weighted by atomic mass is 10.2. The number of hydrogen-bond acceptors (Lipinski definition) is 3. The van der Waals surface area contributed by atoms with E-state index in [-0.39, 0.29) is 11.8 Å². The van der Waals surface area contributed by atoms with Gasteiger partial charge >= 0.3 is 0 Å². The first-order chi connectivity index (χ1) is 7.20. The second-order valence-electron chi connectivity index (χ2n) is 3.43. The lowest BCUT2D eigenvalue weighted by Crippen LogP contribution is -2.25. The molecule has 4 nitrogen and oxygen atoms in total. The van der Waals surface area contributed by atoms with Crippen LogP contribution in [-0.2, 0) is 4.79 Å². The summed E-state index contributed by atoms with van der Waals surface area (Å²) in [5.74, 6) is 1.45. The van der Waals surface area contributed by atoms with Crippen LogP contribution in [0.2, 0.25) is 0 Å². The minimum atomic E-state index is 0.0752. The summed E-state index contributed by atoms with van der Waals surface area (Å²) < 4.78 is 0.676. The highest BCUT2D eigenvalue weighted by Gasteiger charge is 2.30. The van der Waals surface area contributed by atoms with Crippen LogP contribution >= 0.6 is 27.5 Å². The van der Waals surface area contributed by atoms with Crippen LogP contribution in [-0.4, -0.2) is 28.3 Å². The van der Waals surface area contributed by atoms with Crippen molar-refractivity contribution in [2.75, 3.05) is 17.3 Å². The van der Waals surface area contributed by atoms with E-state index >= 15 is 0 Å². The molecule has 6 heteroatoms. The number of carbonyl (C=O) groups excluding carboxylic acids is 1. The van der Waals surface area contributed by atoms with Crippen molar-refractivity contribution in [1.82, 2.24) is 9.97 Å². The molecule has 1 atom stereocenters. The maximum Gasteiger partial charge on any atom is 0.228 e. The van der Waals surface area contributed by atoms with Crippen LogP contribution in [0.5, 0.6) is 0 Å². The SMILES string of the molecule is O=C1CC(CCl)CN1c1cc(Br)ncn1. The maximum atomic E-state index is 11.6. The molecule has 1 aliphatic rings. The van der Waals surface area contributed by atoms with Gasteiger partial charge in [0, 0.05) is 24.9 Å². The van der Waals surface area contributed by atoms with E-state index in [1.165, 1.54) is 6.33 Å². The van der Waals surface area contributed by atoms with Gasteiger partial charge in [-0.25, -0.2) is 9.97 Å². The predicted octanol–water partition coefficient (Wildman–Crippen LogP) is 1.83. The van der Waals surface area contributed by atoms with Crippen molar-refractivity contribution in [2.24, 2.45) is 5.92 Å². The van der Waals surface area contributed by atoms with Crippen molar-refractivity contribution in [1.29, 1.82) is 0 Å². The number of aromatic nitrogens is 2. The van der Waals surface area contributed by atoms with E-state index in [9.17, 15) is 4.79 Å². The number of hydrogen-bond donors (Lipinski definition) is 0. The van der Waals surface area contributed by atoms with Crippen LogP contribution in [0.3, 0.4) is 0 Å². The second kappa shape index (κ2) is 4.45. The van der Waals surface area contributed by atoms with Crippen molar-refractivity contribution < 1.29 is 4.79 Å². The lowest BCUT2D eigenvalue weighted by Gasteiger charge is -2.14. The summed E-state index contributed by atoms with van der Waals surface area (Å²) in [5, 5.41) is 0. The van der Waals surface area contributed by atoms with Gasteiger partial charge in [-0.1, -0.05) is 0 Å². The molecule has 1 fully saturated rings. The lowest BCUT2D eigenvalue weighted by molar-refractivity contribution is -0.117. The van der Waals surface area contributed by atoms with Crippen LogP contribution in [0.15, 0.2) is 17.0 Å². The molecule has 0 aromatic carbocycles. The number of amides is 1. The smallest absolute Gasteiger partial charge is 0.228 e. The van der Waals surface area contributed by atoms with Crippen molar-refractivity contribution in [3.05, 3.63) is 17.0 Å². The zero-order chi connectivity index (χ0) is 10.8. The van der Waals surface area contributed by atoms with Gasteiger partial charge in [-0.15, -0.1) is 11.6 Å². The Morgan fingerprint density at radius 1 is 1.60 bits per heavy atom. The average Bonchev–Trinajstić information content (AvgIpc) is 2.60. The minimum absolute atomic E-state index is 0.0752. The van der Waals surface area contributed by atoms with Gasteiger partial charge < -0.3 is 0 Å². The molecule has 0 radical (unpaired) electrons. The Morgan fingerprint density at radius 2 is 2.40 bits per heavy atom. The maximum absolute atomic E-state index is 11.6. The third-order valence-electron chi connectivity index (χ3n) is 2.32. The Bertz CT molecular complexity index is 387. The normalized spacial score (nSPS) is 21.1. The van der Waals surface area contributed by atoms with E-state index < -0.39 is 0 Å². The van der Waals surface area contributed by atoms with E-state index in [0.717, 1.165) is 0 Å². The van der Waals surface area contributed by atoms with Crippen LogP contribution in [0, 0.1) is 5.92 Å². The van der Waals surface area contributed by atoms with Gasteiger partial charge in [0.2, 0.25) is 5.91 Å². The van der Waals surface area contributed by atoms with Gasteiger partial charge in [-0.05, 0) is 21.8 Å². The number of anilines is 1. The molecule has 15 heavy (non-hydrogen) atoms. The summed E-state index contributed by atoms with van der Waals surface area (Å²) in [6.07, 6.45) is 1.94. The van der Waals surface area contributed by atoms with Crippen LogP contribution in [0.4, 0.5) is 5.82 Å². The first kappa shape index (κ1) is 10.8. The molecule has 1 aromatic rings. The Balaban J connectivity index is 2.21. The molecule has 1 saturated heterocycles. The third kappa shape index (κ3) is 2.29. The van der Waals surface area contributed by atoms with Gasteiger partial charge in [-0.2, -0.15) is 0 Å². The van der Waals surface area contributed by atoms with E-state index in [4.69, 9.17) is 11.6 Å². The van der Waals surface area contributed by atoms with E-state index in [0.29, 0.717) is 29.3 Å². The van der Waals surface area contributed by atoms with E-state index in [1.807, 2.05) is 0 Å². The van der Waals surface area contributed by atoms with Crippen molar-refractivity contribution in [3.63, 3.8) is 0 Å². The van der Waals surface area contributed by atoms with Crippen LogP contribution in [0.25, 0.3) is 0 Å². The molecule has 1 amide bonds. The zero-order valence-electron chi connectivity index (χ0n) is 7.86. The van der Waals surface area contributed by atoms with Crippen LogP contribution in [0.1, 0.15) is 6.42 Å². The molecule has 0 saturated carbocycles.